The van der Waals surface area contributed by atoms with Gasteiger partial charge < -0.3 is 5.73 Å². The van der Waals surface area contributed by atoms with Gasteiger partial charge in [0.05, 0.1) is 0 Å². The molecule has 0 aliphatic carbocycles. The summed E-state index contributed by atoms with van der Waals surface area (Å²) in [5.41, 5.74) is 13.3. The lowest BCUT2D eigenvalue weighted by Crippen LogP contribution is -2.10. The number of pyridine rings is 1. The van der Waals surface area contributed by atoms with E-state index in [1.807, 2.05) is 0 Å². The fourth-order valence-corrected chi connectivity index (χ4v) is 0.672. The predicted octanol–water partition coefficient (Wildman–Crippen LogP) is 1.12. The van der Waals surface area contributed by atoms with Crippen LogP contribution in [-0.2, 0) is 0 Å². The number of nitrogens with zero attached hydrogens (tertiary/aromatic N) is 4. The molecule has 0 bridgehead atoms. The SMILES string of the molecule is [N-]=[N+]=Nc1cc(C(N)=O)ccn1. The molecule has 6 nitrogen and oxygen atoms in total. The zero-order valence-corrected chi connectivity index (χ0v) is 6.01. The maximum atomic E-state index is 10.6. The van der Waals surface area contributed by atoms with E-state index in [0.717, 1.165) is 0 Å². The number of amides is 1. The third-order valence-electron chi connectivity index (χ3n) is 1.18. The molecule has 2 N–H and O–H groups in total. The smallest absolute Gasteiger partial charge is 0.248 e. The third kappa shape index (κ3) is 1.71. The van der Waals surface area contributed by atoms with Crippen molar-refractivity contribution in [3.8, 4) is 0 Å². The second-order valence-electron chi connectivity index (χ2n) is 1.96. The van der Waals surface area contributed by atoms with Gasteiger partial charge in [-0.2, -0.15) is 0 Å². The molecule has 0 radical (unpaired) electrons. The van der Waals surface area contributed by atoms with Crippen LogP contribution in [0.5, 0.6) is 0 Å². The highest BCUT2D eigenvalue weighted by molar-refractivity contribution is 5.93. The highest BCUT2D eigenvalue weighted by Crippen LogP contribution is 2.09. The minimum atomic E-state index is -0.577. The van der Waals surface area contributed by atoms with Crippen molar-refractivity contribution in [3.05, 3.63) is 34.3 Å². The zero-order valence-electron chi connectivity index (χ0n) is 6.01. The average Bonchev–Trinajstić information content (AvgIpc) is 2.05. The Balaban J connectivity index is 3.11. The van der Waals surface area contributed by atoms with Crippen LogP contribution in [0.3, 0.4) is 0 Å². The first kappa shape index (κ1) is 8.03. The summed E-state index contributed by atoms with van der Waals surface area (Å²) >= 11 is 0. The first-order valence-electron chi connectivity index (χ1n) is 3.05. The molecular formula is C6H5N5O. The zero-order chi connectivity index (χ0) is 8.97. The molecule has 12 heavy (non-hydrogen) atoms. The Labute approximate surface area is 67.7 Å². The number of carbonyl (C=O) groups is 1. The van der Waals surface area contributed by atoms with Crippen molar-refractivity contribution in [1.82, 2.24) is 4.98 Å². The van der Waals surface area contributed by atoms with Crippen LogP contribution in [-0.4, -0.2) is 10.9 Å². The molecule has 1 amide bonds. The van der Waals surface area contributed by atoms with Crippen molar-refractivity contribution in [3.63, 3.8) is 0 Å². The van der Waals surface area contributed by atoms with Gasteiger partial charge in [-0.25, -0.2) is 0 Å². The molecular weight excluding hydrogens is 158 g/mol. The maximum absolute atomic E-state index is 10.6. The van der Waals surface area contributed by atoms with E-state index < -0.39 is 5.91 Å². The second-order valence-corrected chi connectivity index (χ2v) is 1.96. The Morgan fingerprint density at radius 1 is 1.75 bits per heavy atom. The molecule has 0 saturated carbocycles. The van der Waals surface area contributed by atoms with E-state index in [2.05, 4.69) is 15.0 Å². The van der Waals surface area contributed by atoms with Gasteiger partial charge in [0.25, 0.3) is 0 Å². The predicted molar refractivity (Wildman–Crippen MR) is 41.6 cm³/mol. The standard InChI is InChI=1S/C6H5N5O/c7-6(12)4-1-2-9-5(3-4)10-11-8/h1-3H,(H2,7,12). The second kappa shape index (κ2) is 3.36. The summed E-state index contributed by atoms with van der Waals surface area (Å²) in [6, 6.07) is 2.76. The molecule has 0 aromatic carbocycles. The monoisotopic (exact) mass is 163 g/mol. The Hall–Kier alpha value is -2.07. The Morgan fingerprint density at radius 2 is 2.50 bits per heavy atom. The third-order valence-corrected chi connectivity index (χ3v) is 1.18. The van der Waals surface area contributed by atoms with Gasteiger partial charge in [-0.15, -0.1) is 0 Å². The number of primary amides is 1. The summed E-state index contributed by atoms with van der Waals surface area (Å²) in [5.74, 6) is -0.444. The quantitative estimate of drug-likeness (QED) is 0.400. The van der Waals surface area contributed by atoms with E-state index >= 15 is 0 Å². The van der Waals surface area contributed by atoms with Gasteiger partial charge >= 0.3 is 0 Å². The Bertz CT molecular complexity index is 337. The summed E-state index contributed by atoms with van der Waals surface area (Å²) in [4.78, 5) is 16.8. The molecule has 0 spiro atoms. The number of rotatable bonds is 2. The molecule has 1 heterocycles. The summed E-state index contributed by atoms with van der Waals surface area (Å²) < 4.78 is 0. The highest BCUT2D eigenvalue weighted by atomic mass is 16.1. The highest BCUT2D eigenvalue weighted by Gasteiger charge is 1.99. The number of hydrogen-bond donors (Lipinski definition) is 1. The largest absolute Gasteiger partial charge is 0.366 e. The van der Waals surface area contributed by atoms with E-state index in [4.69, 9.17) is 11.3 Å². The van der Waals surface area contributed by atoms with Crippen LogP contribution >= 0.6 is 0 Å². The number of carbonyl (C=O) groups excluding carboxylic acids is 1. The van der Waals surface area contributed by atoms with Crippen molar-refractivity contribution >= 4 is 11.7 Å². The van der Waals surface area contributed by atoms with Crippen LogP contribution in [0, 0.1) is 0 Å². The number of nitrogens with two attached hydrogens (primary N) is 1. The Kier molecular flexibility index (Phi) is 2.25. The first-order valence-corrected chi connectivity index (χ1v) is 3.05. The fourth-order valence-electron chi connectivity index (χ4n) is 0.672. The normalized spacial score (nSPS) is 8.67. The van der Waals surface area contributed by atoms with Crippen molar-refractivity contribution in [1.29, 1.82) is 0 Å². The van der Waals surface area contributed by atoms with Gasteiger partial charge in [0.2, 0.25) is 5.91 Å². The van der Waals surface area contributed by atoms with E-state index in [0.29, 0.717) is 0 Å². The molecule has 0 aliphatic heterocycles. The van der Waals surface area contributed by atoms with Crippen LogP contribution in [0.15, 0.2) is 23.4 Å². The van der Waals surface area contributed by atoms with Crippen LogP contribution < -0.4 is 5.73 Å². The van der Waals surface area contributed by atoms with Gasteiger partial charge in [0.15, 0.2) is 0 Å². The van der Waals surface area contributed by atoms with Crippen LogP contribution in [0.4, 0.5) is 5.82 Å². The number of hydrogen-bond acceptors (Lipinski definition) is 3. The van der Waals surface area contributed by atoms with Crippen molar-refractivity contribution < 1.29 is 4.79 Å². The van der Waals surface area contributed by atoms with E-state index in [-0.39, 0.29) is 11.4 Å². The number of azide groups is 1. The van der Waals surface area contributed by atoms with Crippen LogP contribution in [0.1, 0.15) is 10.4 Å². The molecule has 1 rings (SSSR count). The number of aromatic nitrogens is 1. The summed E-state index contributed by atoms with van der Waals surface area (Å²) in [5, 5.41) is 3.21. The van der Waals surface area contributed by atoms with Crippen LogP contribution in [0.25, 0.3) is 10.4 Å². The molecule has 0 unspecified atom stereocenters. The summed E-state index contributed by atoms with van der Waals surface area (Å²) in [7, 11) is 0. The molecule has 0 atom stereocenters. The first-order chi connectivity index (χ1) is 5.74. The summed E-state index contributed by atoms with van der Waals surface area (Å²) in [6.07, 6.45) is 1.35. The molecule has 0 saturated heterocycles. The van der Waals surface area contributed by atoms with E-state index in [1.54, 1.807) is 0 Å². The molecule has 1 aromatic heterocycles. The van der Waals surface area contributed by atoms with Gasteiger partial charge in [-0.05, 0) is 22.8 Å². The van der Waals surface area contributed by atoms with Gasteiger partial charge in [-0.1, -0.05) is 0 Å². The van der Waals surface area contributed by atoms with E-state index in [1.165, 1.54) is 18.3 Å². The van der Waals surface area contributed by atoms with E-state index in [9.17, 15) is 4.79 Å². The van der Waals surface area contributed by atoms with Crippen molar-refractivity contribution in [2.45, 2.75) is 0 Å². The lowest BCUT2D eigenvalue weighted by Gasteiger charge is -1.93. The maximum Gasteiger partial charge on any atom is 0.248 e. The van der Waals surface area contributed by atoms with Crippen LogP contribution in [0.2, 0.25) is 0 Å². The van der Waals surface area contributed by atoms with Gasteiger partial charge in [-0.3, -0.25) is 9.78 Å². The molecule has 0 fully saturated rings. The minimum absolute atomic E-state index is 0.133. The van der Waals surface area contributed by atoms with Gasteiger partial charge in [0.1, 0.15) is 5.82 Å². The van der Waals surface area contributed by atoms with Crippen molar-refractivity contribution in [2.75, 3.05) is 0 Å². The lowest BCUT2D eigenvalue weighted by molar-refractivity contribution is 0.1000. The fraction of sp³-hybridized carbons (Fsp3) is 0. The molecule has 0 aliphatic rings. The topological polar surface area (TPSA) is 105 Å². The molecule has 1 aromatic rings. The molecule has 60 valence electrons. The van der Waals surface area contributed by atoms with Gasteiger partial charge in [0, 0.05) is 16.7 Å². The van der Waals surface area contributed by atoms with Crippen molar-refractivity contribution in [2.24, 2.45) is 10.8 Å². The minimum Gasteiger partial charge on any atom is -0.366 e. The summed E-state index contributed by atoms with van der Waals surface area (Å²) in [6.45, 7) is 0. The average molecular weight is 163 g/mol. The molecule has 6 heteroatoms. The Morgan fingerprint density at radius 3 is 3.08 bits per heavy atom. The lowest BCUT2D eigenvalue weighted by atomic mass is 10.2.